The summed E-state index contributed by atoms with van der Waals surface area (Å²) >= 11 is 0. The molecule has 0 spiro atoms. The number of hydrogen-bond donors (Lipinski definition) is 1. The quantitative estimate of drug-likeness (QED) is 0.804. The van der Waals surface area contributed by atoms with Crippen molar-refractivity contribution < 1.29 is 9.47 Å². The predicted octanol–water partition coefficient (Wildman–Crippen LogP) is 1.92. The van der Waals surface area contributed by atoms with Crippen molar-refractivity contribution >= 4 is 0 Å². The maximum Gasteiger partial charge on any atom is 0.123 e. The highest BCUT2D eigenvalue weighted by Gasteiger charge is 2.15. The zero-order valence-electron chi connectivity index (χ0n) is 12.0. The summed E-state index contributed by atoms with van der Waals surface area (Å²) in [4.78, 5) is 2.18. The summed E-state index contributed by atoms with van der Waals surface area (Å²) in [6.07, 6.45) is 1.02. The molecular weight excluding hydrogens is 228 g/mol. The molecule has 1 atom stereocenters. The molecular formula is C14H24N2O2. The van der Waals surface area contributed by atoms with Gasteiger partial charge in [0.25, 0.3) is 0 Å². The van der Waals surface area contributed by atoms with Crippen molar-refractivity contribution in [3.63, 3.8) is 0 Å². The maximum absolute atomic E-state index is 5.43. The van der Waals surface area contributed by atoms with Crippen LogP contribution < -0.4 is 14.8 Å². The summed E-state index contributed by atoms with van der Waals surface area (Å²) < 4.78 is 10.7. The lowest BCUT2D eigenvalue weighted by atomic mass is 10.0. The molecule has 0 saturated heterocycles. The molecule has 1 aromatic rings. The van der Waals surface area contributed by atoms with Gasteiger partial charge in [0.15, 0.2) is 0 Å². The second kappa shape index (κ2) is 7.24. The molecule has 0 heterocycles. The molecule has 0 bridgehead atoms. The second-order valence-electron chi connectivity index (χ2n) is 4.54. The van der Waals surface area contributed by atoms with E-state index in [0.29, 0.717) is 0 Å². The van der Waals surface area contributed by atoms with Crippen LogP contribution in [0.15, 0.2) is 18.2 Å². The Hall–Kier alpha value is -1.26. The van der Waals surface area contributed by atoms with E-state index < -0.39 is 0 Å². The van der Waals surface area contributed by atoms with Gasteiger partial charge >= 0.3 is 0 Å². The van der Waals surface area contributed by atoms with E-state index >= 15 is 0 Å². The number of methoxy groups -OCH3 is 2. The van der Waals surface area contributed by atoms with Crippen molar-refractivity contribution in [1.29, 1.82) is 0 Å². The summed E-state index contributed by atoms with van der Waals surface area (Å²) in [6, 6.07) is 6.17. The highest BCUT2D eigenvalue weighted by atomic mass is 16.5. The molecule has 0 radical (unpaired) electrons. The molecule has 1 aromatic carbocycles. The van der Waals surface area contributed by atoms with E-state index in [0.717, 1.165) is 30.0 Å². The van der Waals surface area contributed by atoms with Crippen LogP contribution in [0.2, 0.25) is 0 Å². The van der Waals surface area contributed by atoms with Crippen LogP contribution in [0.4, 0.5) is 0 Å². The smallest absolute Gasteiger partial charge is 0.123 e. The number of ether oxygens (including phenoxy) is 2. The molecule has 102 valence electrons. The van der Waals surface area contributed by atoms with Gasteiger partial charge in [0.05, 0.1) is 14.2 Å². The van der Waals surface area contributed by atoms with E-state index in [1.807, 2.05) is 25.2 Å². The molecule has 0 saturated carbocycles. The van der Waals surface area contributed by atoms with Crippen LogP contribution >= 0.6 is 0 Å². The van der Waals surface area contributed by atoms with Crippen LogP contribution in [0.25, 0.3) is 0 Å². The number of hydrogen-bond acceptors (Lipinski definition) is 4. The largest absolute Gasteiger partial charge is 0.497 e. The molecule has 4 heteroatoms. The van der Waals surface area contributed by atoms with E-state index in [1.165, 1.54) is 0 Å². The minimum absolute atomic E-state index is 0.262. The molecule has 0 fully saturated rings. The van der Waals surface area contributed by atoms with Gasteiger partial charge in [-0.25, -0.2) is 0 Å². The van der Waals surface area contributed by atoms with Crippen LogP contribution in [-0.2, 0) is 0 Å². The molecule has 0 aliphatic carbocycles. The summed E-state index contributed by atoms with van der Waals surface area (Å²) in [7, 11) is 9.51. The van der Waals surface area contributed by atoms with Crippen LogP contribution in [0.5, 0.6) is 11.5 Å². The first-order valence-electron chi connectivity index (χ1n) is 6.16. The first-order chi connectivity index (χ1) is 8.62. The normalized spacial score (nSPS) is 12.6. The number of nitrogens with zero attached hydrogens (tertiary/aromatic N) is 1. The standard InChI is InChI=1S/C14H24N2O2/c1-15-13(8-9-16(2)3)12-10-11(17-4)6-7-14(12)18-5/h6-7,10,13,15H,8-9H2,1-5H3. The van der Waals surface area contributed by atoms with E-state index in [2.05, 4.69) is 24.3 Å². The van der Waals surface area contributed by atoms with E-state index in [1.54, 1.807) is 14.2 Å². The molecule has 0 aliphatic rings. The molecule has 1 unspecified atom stereocenters. The fraction of sp³-hybridized carbons (Fsp3) is 0.571. The van der Waals surface area contributed by atoms with Gasteiger partial charge < -0.3 is 19.7 Å². The summed E-state index contributed by atoms with van der Waals surface area (Å²) in [6.45, 7) is 1.02. The van der Waals surface area contributed by atoms with Gasteiger partial charge in [-0.2, -0.15) is 0 Å². The molecule has 4 nitrogen and oxygen atoms in total. The molecule has 1 N–H and O–H groups in total. The van der Waals surface area contributed by atoms with Crippen molar-refractivity contribution in [3.05, 3.63) is 23.8 Å². The predicted molar refractivity (Wildman–Crippen MR) is 74.5 cm³/mol. The highest BCUT2D eigenvalue weighted by molar-refractivity contribution is 5.42. The third-order valence-corrected chi connectivity index (χ3v) is 3.03. The first-order valence-corrected chi connectivity index (χ1v) is 6.16. The third kappa shape index (κ3) is 3.89. The minimum atomic E-state index is 0.262. The van der Waals surface area contributed by atoms with Gasteiger partial charge in [0.1, 0.15) is 11.5 Å². The Labute approximate surface area is 110 Å². The number of nitrogens with one attached hydrogen (secondary N) is 1. The van der Waals surface area contributed by atoms with Gasteiger partial charge in [0, 0.05) is 11.6 Å². The first kappa shape index (κ1) is 14.8. The Morgan fingerprint density at radius 2 is 1.94 bits per heavy atom. The molecule has 0 aromatic heterocycles. The van der Waals surface area contributed by atoms with Crippen molar-refractivity contribution in [1.82, 2.24) is 10.2 Å². The summed E-state index contributed by atoms with van der Waals surface area (Å²) in [5.41, 5.74) is 1.14. The van der Waals surface area contributed by atoms with Crippen LogP contribution in [0.3, 0.4) is 0 Å². The minimum Gasteiger partial charge on any atom is -0.497 e. The summed E-state index contributed by atoms with van der Waals surface area (Å²) in [5, 5.41) is 3.34. The second-order valence-corrected chi connectivity index (χ2v) is 4.54. The van der Waals surface area contributed by atoms with E-state index in [-0.39, 0.29) is 6.04 Å². The summed E-state index contributed by atoms with van der Waals surface area (Å²) in [5.74, 6) is 1.75. The molecule has 1 rings (SSSR count). The van der Waals surface area contributed by atoms with Gasteiger partial charge in [0.2, 0.25) is 0 Å². The van der Waals surface area contributed by atoms with Crippen molar-refractivity contribution in [2.24, 2.45) is 0 Å². The Balaban J connectivity index is 2.94. The van der Waals surface area contributed by atoms with E-state index in [4.69, 9.17) is 9.47 Å². The Morgan fingerprint density at radius 1 is 1.22 bits per heavy atom. The Bertz CT molecular complexity index is 367. The third-order valence-electron chi connectivity index (χ3n) is 3.03. The lowest BCUT2D eigenvalue weighted by Crippen LogP contribution is -2.23. The fourth-order valence-electron chi connectivity index (χ4n) is 1.95. The van der Waals surface area contributed by atoms with Crippen molar-refractivity contribution in [3.8, 4) is 11.5 Å². The highest BCUT2D eigenvalue weighted by Crippen LogP contribution is 2.30. The number of benzene rings is 1. The zero-order chi connectivity index (χ0) is 13.5. The Morgan fingerprint density at radius 3 is 2.44 bits per heavy atom. The monoisotopic (exact) mass is 252 g/mol. The van der Waals surface area contributed by atoms with Crippen LogP contribution in [0, 0.1) is 0 Å². The molecule has 0 amide bonds. The van der Waals surface area contributed by atoms with Crippen LogP contribution in [0.1, 0.15) is 18.0 Å². The van der Waals surface area contributed by atoms with Gasteiger partial charge in [-0.05, 0) is 52.3 Å². The SMILES string of the molecule is CNC(CCN(C)C)c1cc(OC)ccc1OC. The maximum atomic E-state index is 5.43. The Kier molecular flexibility index (Phi) is 5.95. The average molecular weight is 252 g/mol. The van der Waals surface area contributed by atoms with E-state index in [9.17, 15) is 0 Å². The van der Waals surface area contributed by atoms with Gasteiger partial charge in [-0.3, -0.25) is 0 Å². The fourth-order valence-corrected chi connectivity index (χ4v) is 1.95. The number of rotatable bonds is 7. The molecule has 0 aliphatic heterocycles. The van der Waals surface area contributed by atoms with Crippen molar-refractivity contribution in [2.75, 3.05) is 41.9 Å². The van der Waals surface area contributed by atoms with Gasteiger partial charge in [-0.1, -0.05) is 0 Å². The van der Waals surface area contributed by atoms with Gasteiger partial charge in [-0.15, -0.1) is 0 Å². The lowest BCUT2D eigenvalue weighted by Gasteiger charge is -2.21. The topological polar surface area (TPSA) is 33.7 Å². The van der Waals surface area contributed by atoms with Crippen LogP contribution in [-0.4, -0.2) is 46.8 Å². The zero-order valence-corrected chi connectivity index (χ0v) is 12.0. The lowest BCUT2D eigenvalue weighted by molar-refractivity contribution is 0.355. The molecule has 18 heavy (non-hydrogen) atoms. The average Bonchev–Trinajstić information content (AvgIpc) is 2.38. The van der Waals surface area contributed by atoms with Crippen molar-refractivity contribution in [2.45, 2.75) is 12.5 Å².